The Balaban J connectivity index is 2.51. The van der Waals surface area contributed by atoms with E-state index in [4.69, 9.17) is 0 Å². The van der Waals surface area contributed by atoms with E-state index < -0.39 is 22.4 Å². The number of anilines is 1. The summed E-state index contributed by atoms with van der Waals surface area (Å²) in [5, 5.41) is 11.2. The van der Waals surface area contributed by atoms with Crippen molar-refractivity contribution in [2.75, 3.05) is 11.4 Å². The molecule has 7 heteroatoms. The van der Waals surface area contributed by atoms with Gasteiger partial charge in [-0.3, -0.25) is 10.1 Å². The molecule has 1 aromatic carbocycles. The number of rotatable bonds is 2. The van der Waals surface area contributed by atoms with Crippen LogP contribution >= 0.6 is 0 Å². The van der Waals surface area contributed by atoms with Crippen molar-refractivity contribution in [3.63, 3.8) is 0 Å². The van der Waals surface area contributed by atoms with Gasteiger partial charge in [0, 0.05) is 18.2 Å². The summed E-state index contributed by atoms with van der Waals surface area (Å²) < 4.78 is 38.2. The minimum Gasteiger partial charge on any atom is -0.361 e. The number of nitro benzene ring substituents is 1. The summed E-state index contributed by atoms with van der Waals surface area (Å²) in [5.74, 6) is 0. The van der Waals surface area contributed by atoms with E-state index in [1.807, 2.05) is 18.7 Å². The second-order valence-electron chi connectivity index (χ2n) is 5.88. The molecule has 0 saturated carbocycles. The summed E-state index contributed by atoms with van der Waals surface area (Å²) in [6, 6.07) is 2.75. The minimum atomic E-state index is -4.58. The fraction of sp³-hybridized carbons (Fsp3) is 0.571. The Hall–Kier alpha value is -1.79. The zero-order chi connectivity index (χ0) is 15.8. The number of piperidine rings is 1. The highest BCUT2D eigenvalue weighted by Gasteiger charge is 2.37. The van der Waals surface area contributed by atoms with Crippen LogP contribution in [0.25, 0.3) is 0 Å². The van der Waals surface area contributed by atoms with Gasteiger partial charge in [-0.1, -0.05) is 0 Å². The molecule has 4 nitrogen and oxygen atoms in total. The van der Waals surface area contributed by atoms with E-state index in [-0.39, 0.29) is 11.2 Å². The number of hydrogen-bond acceptors (Lipinski definition) is 3. The Morgan fingerprint density at radius 1 is 1.29 bits per heavy atom. The lowest BCUT2D eigenvalue weighted by Crippen LogP contribution is -2.47. The molecule has 1 aliphatic heterocycles. The molecule has 0 aliphatic carbocycles. The standard InChI is InChI=1S/C14H17F3N2O2/c1-13(2)7-3-4-8-18(13)11-6-5-10(14(15,16)17)9-12(11)19(20)21/h5-6,9H,3-4,7-8H2,1-2H3. The van der Waals surface area contributed by atoms with Crippen LogP contribution in [0.5, 0.6) is 0 Å². The Labute approximate surface area is 120 Å². The molecule has 116 valence electrons. The van der Waals surface area contributed by atoms with Gasteiger partial charge in [0.1, 0.15) is 5.69 Å². The molecule has 0 N–H and O–H groups in total. The molecule has 0 atom stereocenters. The number of alkyl halides is 3. The van der Waals surface area contributed by atoms with Crippen molar-refractivity contribution in [1.82, 2.24) is 0 Å². The first-order valence-corrected chi connectivity index (χ1v) is 6.76. The third kappa shape index (κ3) is 3.11. The summed E-state index contributed by atoms with van der Waals surface area (Å²) in [7, 11) is 0. The maximum absolute atomic E-state index is 12.7. The summed E-state index contributed by atoms with van der Waals surface area (Å²) in [6.07, 6.45) is -1.84. The molecular formula is C14H17F3N2O2. The van der Waals surface area contributed by atoms with E-state index in [1.165, 1.54) is 6.07 Å². The van der Waals surface area contributed by atoms with Crippen molar-refractivity contribution in [1.29, 1.82) is 0 Å². The van der Waals surface area contributed by atoms with Gasteiger partial charge in [-0.15, -0.1) is 0 Å². The van der Waals surface area contributed by atoms with Gasteiger partial charge in [0.25, 0.3) is 5.69 Å². The predicted octanol–water partition coefficient (Wildman–Crippen LogP) is 4.38. The van der Waals surface area contributed by atoms with Crippen LogP contribution in [0.3, 0.4) is 0 Å². The van der Waals surface area contributed by atoms with E-state index in [2.05, 4.69) is 0 Å². The normalized spacial score (nSPS) is 18.6. The quantitative estimate of drug-likeness (QED) is 0.601. The Morgan fingerprint density at radius 3 is 2.48 bits per heavy atom. The van der Waals surface area contributed by atoms with E-state index in [1.54, 1.807) is 0 Å². The smallest absolute Gasteiger partial charge is 0.361 e. The largest absolute Gasteiger partial charge is 0.416 e. The number of nitro groups is 1. The fourth-order valence-corrected chi connectivity index (χ4v) is 2.79. The van der Waals surface area contributed by atoms with Gasteiger partial charge >= 0.3 is 6.18 Å². The Kier molecular flexibility index (Phi) is 3.86. The van der Waals surface area contributed by atoms with Gasteiger partial charge < -0.3 is 4.90 Å². The Morgan fingerprint density at radius 2 is 1.95 bits per heavy atom. The van der Waals surface area contributed by atoms with Crippen molar-refractivity contribution in [2.45, 2.75) is 44.8 Å². The second kappa shape index (κ2) is 5.20. The topological polar surface area (TPSA) is 46.4 Å². The molecule has 0 radical (unpaired) electrons. The summed E-state index contributed by atoms with van der Waals surface area (Å²) >= 11 is 0. The van der Waals surface area contributed by atoms with Gasteiger partial charge in [-0.05, 0) is 45.2 Å². The maximum Gasteiger partial charge on any atom is 0.416 e. The highest BCUT2D eigenvalue weighted by atomic mass is 19.4. The van der Waals surface area contributed by atoms with Crippen LogP contribution in [-0.2, 0) is 6.18 Å². The first-order valence-electron chi connectivity index (χ1n) is 6.76. The summed E-state index contributed by atoms with van der Waals surface area (Å²) in [5.41, 5.74) is -1.52. The lowest BCUT2D eigenvalue weighted by atomic mass is 9.89. The van der Waals surface area contributed by atoms with Crippen LogP contribution in [0.1, 0.15) is 38.7 Å². The minimum absolute atomic E-state index is 0.262. The number of hydrogen-bond donors (Lipinski definition) is 0. The molecule has 1 saturated heterocycles. The number of benzene rings is 1. The van der Waals surface area contributed by atoms with E-state index in [9.17, 15) is 23.3 Å². The molecule has 1 heterocycles. The zero-order valence-electron chi connectivity index (χ0n) is 11.9. The van der Waals surface area contributed by atoms with Crippen LogP contribution in [0.2, 0.25) is 0 Å². The number of halogens is 3. The van der Waals surface area contributed by atoms with Crippen LogP contribution in [-0.4, -0.2) is 17.0 Å². The molecule has 1 aliphatic rings. The van der Waals surface area contributed by atoms with Crippen molar-refractivity contribution in [2.24, 2.45) is 0 Å². The highest BCUT2D eigenvalue weighted by Crippen LogP contribution is 2.40. The molecule has 0 amide bonds. The number of nitrogens with zero attached hydrogens (tertiary/aromatic N) is 2. The molecule has 0 aromatic heterocycles. The monoisotopic (exact) mass is 302 g/mol. The van der Waals surface area contributed by atoms with Gasteiger partial charge in [0.15, 0.2) is 0 Å². The molecule has 1 aromatic rings. The van der Waals surface area contributed by atoms with Crippen molar-refractivity contribution in [3.05, 3.63) is 33.9 Å². The molecule has 0 spiro atoms. The third-order valence-electron chi connectivity index (χ3n) is 3.94. The highest BCUT2D eigenvalue weighted by molar-refractivity contribution is 5.66. The average Bonchev–Trinajstić information content (AvgIpc) is 2.36. The second-order valence-corrected chi connectivity index (χ2v) is 5.88. The van der Waals surface area contributed by atoms with Crippen LogP contribution in [0, 0.1) is 10.1 Å². The van der Waals surface area contributed by atoms with Gasteiger partial charge in [-0.2, -0.15) is 13.2 Å². The predicted molar refractivity (Wildman–Crippen MR) is 73.4 cm³/mol. The third-order valence-corrected chi connectivity index (χ3v) is 3.94. The molecule has 0 unspecified atom stereocenters. The van der Waals surface area contributed by atoms with Crippen LogP contribution in [0.15, 0.2) is 18.2 Å². The molecule has 21 heavy (non-hydrogen) atoms. The fourth-order valence-electron chi connectivity index (χ4n) is 2.79. The molecule has 0 bridgehead atoms. The van der Waals surface area contributed by atoms with E-state index in [0.29, 0.717) is 12.6 Å². The summed E-state index contributed by atoms with van der Waals surface area (Å²) in [4.78, 5) is 12.3. The zero-order valence-corrected chi connectivity index (χ0v) is 11.9. The lowest BCUT2D eigenvalue weighted by molar-refractivity contribution is -0.384. The van der Waals surface area contributed by atoms with Crippen molar-refractivity contribution < 1.29 is 18.1 Å². The summed E-state index contributed by atoms with van der Waals surface area (Å²) in [6.45, 7) is 4.51. The van der Waals surface area contributed by atoms with E-state index >= 15 is 0 Å². The maximum atomic E-state index is 12.7. The van der Waals surface area contributed by atoms with Gasteiger partial charge in [-0.25, -0.2) is 0 Å². The molecule has 2 rings (SSSR count). The SMILES string of the molecule is CC1(C)CCCCN1c1ccc(C(F)(F)F)cc1[N+](=O)[O-]. The molecular weight excluding hydrogens is 285 g/mol. The molecule has 1 fully saturated rings. The van der Waals surface area contributed by atoms with Gasteiger partial charge in [0.05, 0.1) is 10.5 Å². The first kappa shape index (κ1) is 15.6. The van der Waals surface area contributed by atoms with Crippen molar-refractivity contribution in [3.8, 4) is 0 Å². The van der Waals surface area contributed by atoms with E-state index in [0.717, 1.165) is 25.3 Å². The van der Waals surface area contributed by atoms with Crippen LogP contribution < -0.4 is 4.90 Å². The van der Waals surface area contributed by atoms with Crippen LogP contribution in [0.4, 0.5) is 24.5 Å². The lowest BCUT2D eigenvalue weighted by Gasteiger charge is -2.43. The van der Waals surface area contributed by atoms with Gasteiger partial charge in [0.2, 0.25) is 0 Å². The Bertz CT molecular complexity index is 556. The first-order chi connectivity index (χ1) is 9.63. The average molecular weight is 302 g/mol. The van der Waals surface area contributed by atoms with Crippen molar-refractivity contribution >= 4 is 11.4 Å².